The van der Waals surface area contributed by atoms with Crippen LogP contribution in [0.15, 0.2) is 87.0 Å². The standard InChI is InChI=1S/C25H18N4O5S3/c1-33-16-8-6-15(7-9-16)29-37(31,32)17-10-11-22-20(12-17)28-25(34-22)35-14-21(30)18(13-26)24-27-19-4-2-3-5-23(19)36-24/h2-12,29-30H,14H2,1H3/b21-18-. The van der Waals surface area contributed by atoms with Crippen molar-refractivity contribution in [3.8, 4) is 11.8 Å². The van der Waals surface area contributed by atoms with Crippen molar-refractivity contribution in [2.24, 2.45) is 0 Å². The molecule has 0 aliphatic carbocycles. The van der Waals surface area contributed by atoms with Gasteiger partial charge < -0.3 is 14.3 Å². The molecule has 3 aromatic carbocycles. The summed E-state index contributed by atoms with van der Waals surface area (Å²) in [5.74, 6) is 0.483. The van der Waals surface area contributed by atoms with E-state index in [1.165, 1.54) is 36.6 Å². The first-order valence-corrected chi connectivity index (χ1v) is 14.0. The molecule has 12 heteroatoms. The van der Waals surface area contributed by atoms with Crippen molar-refractivity contribution in [1.82, 2.24) is 9.97 Å². The molecule has 0 aliphatic heterocycles. The number of fused-ring (bicyclic) bond motifs is 2. The summed E-state index contributed by atoms with van der Waals surface area (Å²) in [5.41, 5.74) is 1.96. The van der Waals surface area contributed by atoms with E-state index in [2.05, 4.69) is 14.7 Å². The lowest BCUT2D eigenvalue weighted by Crippen LogP contribution is -2.12. The number of thiazole rings is 1. The Labute approximate surface area is 220 Å². The van der Waals surface area contributed by atoms with Gasteiger partial charge in [-0.2, -0.15) is 5.26 Å². The molecule has 0 amide bonds. The molecule has 2 aromatic heterocycles. The molecule has 186 valence electrons. The number of allylic oxidation sites excluding steroid dienone is 1. The van der Waals surface area contributed by atoms with Gasteiger partial charge in [0.15, 0.2) is 5.58 Å². The number of aliphatic hydroxyl groups excluding tert-OH is 1. The van der Waals surface area contributed by atoms with Crippen LogP contribution < -0.4 is 9.46 Å². The van der Waals surface area contributed by atoms with Gasteiger partial charge in [-0.1, -0.05) is 23.9 Å². The number of hydrogen-bond donors (Lipinski definition) is 2. The lowest BCUT2D eigenvalue weighted by atomic mass is 10.2. The Morgan fingerprint density at radius 3 is 2.65 bits per heavy atom. The van der Waals surface area contributed by atoms with Crippen LogP contribution in [0.4, 0.5) is 5.69 Å². The van der Waals surface area contributed by atoms with Crippen LogP contribution in [-0.2, 0) is 10.0 Å². The molecule has 0 spiro atoms. The second kappa shape index (κ2) is 10.1. The highest BCUT2D eigenvalue weighted by Crippen LogP contribution is 2.31. The van der Waals surface area contributed by atoms with Crippen LogP contribution in [0.2, 0.25) is 0 Å². The van der Waals surface area contributed by atoms with Gasteiger partial charge in [-0.05, 0) is 54.6 Å². The van der Waals surface area contributed by atoms with Crippen molar-refractivity contribution in [2.45, 2.75) is 10.1 Å². The Hall–Kier alpha value is -4.05. The van der Waals surface area contributed by atoms with Crippen LogP contribution >= 0.6 is 23.1 Å². The number of nitrogens with zero attached hydrogens (tertiary/aromatic N) is 3. The highest BCUT2D eigenvalue weighted by atomic mass is 32.2. The summed E-state index contributed by atoms with van der Waals surface area (Å²) in [7, 11) is -2.34. The number of aliphatic hydroxyl groups is 1. The van der Waals surface area contributed by atoms with Crippen LogP contribution in [0, 0.1) is 11.3 Å². The zero-order chi connectivity index (χ0) is 26.0. The number of para-hydroxylation sites is 1. The number of rotatable bonds is 8. The normalized spacial score (nSPS) is 12.3. The molecular formula is C25H18N4O5S3. The average Bonchev–Trinajstić information content (AvgIpc) is 3.51. The summed E-state index contributed by atoms with van der Waals surface area (Å²) in [6.45, 7) is 0. The molecule has 0 radical (unpaired) electrons. The number of hydrogen-bond acceptors (Lipinski definition) is 10. The predicted molar refractivity (Wildman–Crippen MR) is 143 cm³/mol. The van der Waals surface area contributed by atoms with Crippen molar-refractivity contribution in [2.75, 3.05) is 17.6 Å². The van der Waals surface area contributed by atoms with Crippen molar-refractivity contribution in [1.29, 1.82) is 5.26 Å². The SMILES string of the molecule is COc1ccc(NS(=O)(=O)c2ccc3oc(SC/C(O)=C(\C#N)c4nc5ccccc5s4)nc3c2)cc1. The van der Waals surface area contributed by atoms with E-state index in [9.17, 15) is 18.8 Å². The number of benzene rings is 3. The maximum atomic E-state index is 12.8. The molecule has 2 heterocycles. The molecule has 0 atom stereocenters. The lowest BCUT2D eigenvalue weighted by molar-refractivity contribution is 0.415. The number of ether oxygens (including phenoxy) is 1. The fourth-order valence-electron chi connectivity index (χ4n) is 3.41. The van der Waals surface area contributed by atoms with Crippen molar-refractivity contribution in [3.05, 3.63) is 77.5 Å². The zero-order valence-corrected chi connectivity index (χ0v) is 21.7. The summed E-state index contributed by atoms with van der Waals surface area (Å²) >= 11 is 2.40. The van der Waals surface area contributed by atoms with Crippen molar-refractivity contribution in [3.63, 3.8) is 0 Å². The monoisotopic (exact) mass is 550 g/mol. The molecule has 0 fully saturated rings. The number of anilines is 1. The minimum atomic E-state index is -3.87. The topological polar surface area (TPSA) is 138 Å². The molecule has 0 aliphatic rings. The van der Waals surface area contributed by atoms with Crippen molar-refractivity contribution >= 4 is 65.7 Å². The molecule has 9 nitrogen and oxygen atoms in total. The number of nitriles is 1. The predicted octanol–water partition coefficient (Wildman–Crippen LogP) is 5.83. The van der Waals surface area contributed by atoms with E-state index >= 15 is 0 Å². The number of sulfonamides is 1. The second-order valence-corrected chi connectivity index (χ2v) is 11.3. The summed E-state index contributed by atoms with van der Waals surface area (Å²) in [4.78, 5) is 8.79. The molecule has 37 heavy (non-hydrogen) atoms. The van der Waals surface area contributed by atoms with Gasteiger partial charge in [-0.25, -0.2) is 18.4 Å². The van der Waals surface area contributed by atoms with Gasteiger partial charge in [0.05, 0.1) is 28.0 Å². The van der Waals surface area contributed by atoms with Gasteiger partial charge in [-0.3, -0.25) is 4.72 Å². The molecule has 0 bridgehead atoms. The Bertz CT molecular complexity index is 1750. The fourth-order valence-corrected chi connectivity index (χ4v) is 6.18. The fraction of sp³-hybridized carbons (Fsp3) is 0.0800. The average molecular weight is 551 g/mol. The number of thioether (sulfide) groups is 1. The van der Waals surface area contributed by atoms with E-state index in [4.69, 9.17) is 9.15 Å². The smallest absolute Gasteiger partial charge is 0.261 e. The highest BCUT2D eigenvalue weighted by Gasteiger charge is 2.18. The first kappa shape index (κ1) is 24.6. The third-order valence-electron chi connectivity index (χ3n) is 5.23. The quantitative estimate of drug-likeness (QED) is 0.139. The third kappa shape index (κ3) is 5.24. The van der Waals surface area contributed by atoms with E-state index in [0.29, 0.717) is 27.5 Å². The van der Waals surface area contributed by atoms with Gasteiger partial charge >= 0.3 is 0 Å². The van der Waals surface area contributed by atoms with Crippen LogP contribution in [0.3, 0.4) is 0 Å². The van der Waals surface area contributed by atoms with Crippen molar-refractivity contribution < 1.29 is 22.7 Å². The van der Waals surface area contributed by atoms with Gasteiger partial charge in [0, 0.05) is 5.69 Å². The van der Waals surface area contributed by atoms with Crippen LogP contribution in [0.1, 0.15) is 5.01 Å². The number of oxazole rings is 1. The summed E-state index contributed by atoms with van der Waals surface area (Å²) in [5, 5.41) is 20.8. The maximum absolute atomic E-state index is 12.8. The van der Waals surface area contributed by atoms with Crippen LogP contribution in [0.25, 0.3) is 26.9 Å². The van der Waals surface area contributed by atoms with E-state index in [-0.39, 0.29) is 27.2 Å². The lowest BCUT2D eigenvalue weighted by Gasteiger charge is -2.08. The molecule has 5 aromatic rings. The van der Waals surface area contributed by atoms with E-state index in [1.54, 1.807) is 24.3 Å². The minimum absolute atomic E-state index is 0.0195. The summed E-state index contributed by atoms with van der Waals surface area (Å²) in [6.07, 6.45) is 0. The van der Waals surface area contributed by atoms with Crippen LogP contribution in [-0.4, -0.2) is 36.4 Å². The van der Waals surface area contributed by atoms with Gasteiger partial charge in [0.2, 0.25) is 0 Å². The second-order valence-electron chi connectivity index (χ2n) is 7.65. The van der Waals surface area contributed by atoms with E-state index in [0.717, 1.165) is 22.0 Å². The first-order chi connectivity index (χ1) is 17.9. The minimum Gasteiger partial charge on any atom is -0.510 e. The molecule has 0 saturated carbocycles. The Morgan fingerprint density at radius 1 is 1.14 bits per heavy atom. The zero-order valence-electron chi connectivity index (χ0n) is 19.2. The maximum Gasteiger partial charge on any atom is 0.261 e. The number of aromatic nitrogens is 2. The number of methoxy groups -OCH3 is 1. The van der Waals surface area contributed by atoms with Gasteiger partial charge in [0.25, 0.3) is 15.2 Å². The molecule has 0 saturated heterocycles. The van der Waals surface area contributed by atoms with Gasteiger partial charge in [-0.15, -0.1) is 11.3 Å². The highest BCUT2D eigenvalue weighted by molar-refractivity contribution is 7.99. The molecule has 0 unspecified atom stereocenters. The molecule has 5 rings (SSSR count). The van der Waals surface area contributed by atoms with E-state index < -0.39 is 10.0 Å². The first-order valence-electron chi connectivity index (χ1n) is 10.7. The number of nitrogens with one attached hydrogen (secondary N) is 1. The van der Waals surface area contributed by atoms with Gasteiger partial charge in [0.1, 0.15) is 33.7 Å². The van der Waals surface area contributed by atoms with Crippen LogP contribution in [0.5, 0.6) is 5.75 Å². The Balaban J connectivity index is 1.33. The Kier molecular flexibility index (Phi) is 6.75. The van der Waals surface area contributed by atoms with E-state index in [1.807, 2.05) is 30.3 Å². The molecular weight excluding hydrogens is 532 g/mol. The Morgan fingerprint density at radius 2 is 1.92 bits per heavy atom. The third-order valence-corrected chi connectivity index (χ3v) is 8.50. The summed E-state index contributed by atoms with van der Waals surface area (Å²) in [6, 6.07) is 20.4. The molecule has 2 N–H and O–H groups in total. The summed E-state index contributed by atoms with van der Waals surface area (Å²) < 4.78 is 39.9. The largest absolute Gasteiger partial charge is 0.510 e.